The van der Waals surface area contributed by atoms with Crippen LogP contribution in [0.25, 0.3) is 0 Å². The highest BCUT2D eigenvalue weighted by Gasteiger charge is 2.68. The molecule has 0 amide bonds. The molecule has 3 heterocycles. The third-order valence-corrected chi connectivity index (χ3v) is 7.31. The molecule has 1 aliphatic carbocycles. The normalized spacial score (nSPS) is 47.6. The van der Waals surface area contributed by atoms with E-state index in [0.29, 0.717) is 6.54 Å². The smallest absolute Gasteiger partial charge is 0.249 e. The second-order valence-corrected chi connectivity index (χ2v) is 9.51. The molecule has 0 spiro atoms. The first kappa shape index (κ1) is 23.4. The van der Waals surface area contributed by atoms with Crippen LogP contribution in [0, 0.1) is 0 Å². The number of aliphatic hydroxyl groups is 4. The van der Waals surface area contributed by atoms with Crippen molar-refractivity contribution in [3.63, 3.8) is 0 Å². The van der Waals surface area contributed by atoms with E-state index in [1.807, 2.05) is 5.38 Å². The molecule has 1 saturated carbocycles. The van der Waals surface area contributed by atoms with Crippen LogP contribution in [-0.2, 0) is 20.8 Å². The molecule has 10 atom stereocenters. The Morgan fingerprint density at radius 1 is 1.13 bits per heavy atom. The molecule has 1 aromatic heterocycles. The van der Waals surface area contributed by atoms with Crippen LogP contribution in [0.2, 0.25) is 0 Å². The number of aliphatic hydroxyl groups excluding tert-OH is 2. The lowest BCUT2D eigenvalue weighted by Gasteiger charge is -2.60. The number of aromatic nitrogens is 1. The van der Waals surface area contributed by atoms with Gasteiger partial charge in [0.2, 0.25) is 12.1 Å². The fraction of sp³-hybridized carbons (Fsp3) is 0.842. The lowest BCUT2D eigenvalue weighted by atomic mass is 9.77. The third-order valence-electron chi connectivity index (χ3n) is 6.53. The molecule has 176 valence electrons. The summed E-state index contributed by atoms with van der Waals surface area (Å²) in [4.78, 5) is 4.20. The van der Waals surface area contributed by atoms with E-state index in [2.05, 4.69) is 20.9 Å². The topological polar surface area (TPSA) is 158 Å². The van der Waals surface area contributed by atoms with E-state index in [4.69, 9.17) is 14.2 Å². The van der Waals surface area contributed by atoms with E-state index >= 15 is 0 Å². The Bertz CT molecular complexity index is 745. The number of ether oxygens (including phenoxy) is 3. The van der Waals surface area contributed by atoms with Crippen molar-refractivity contribution in [2.45, 2.75) is 80.2 Å². The quantitative estimate of drug-likeness (QED) is 0.240. The van der Waals surface area contributed by atoms with E-state index in [0.717, 1.165) is 5.01 Å². The first-order valence-corrected chi connectivity index (χ1v) is 11.4. The zero-order valence-electron chi connectivity index (χ0n) is 17.8. The number of likely N-dealkylation sites (N-methyl/N-ethyl adjacent to an activating group) is 2. The molecule has 0 aromatic carbocycles. The van der Waals surface area contributed by atoms with Gasteiger partial charge in [0.15, 0.2) is 0 Å². The molecule has 2 aliphatic heterocycles. The van der Waals surface area contributed by atoms with Gasteiger partial charge in [0, 0.05) is 31.1 Å². The number of hydrogen-bond acceptors (Lipinski definition) is 12. The minimum Gasteiger partial charge on any atom is -0.390 e. The third kappa shape index (κ3) is 3.93. The molecule has 2 saturated heterocycles. The van der Waals surface area contributed by atoms with Crippen LogP contribution >= 0.6 is 11.3 Å². The molecule has 4 rings (SSSR count). The largest absolute Gasteiger partial charge is 0.390 e. The van der Waals surface area contributed by atoms with Gasteiger partial charge in [-0.3, -0.25) is 0 Å². The first-order valence-electron chi connectivity index (χ1n) is 10.5. The molecular weight excluding hydrogens is 428 g/mol. The first-order chi connectivity index (χ1) is 14.7. The lowest BCUT2D eigenvalue weighted by molar-refractivity contribution is -0.482. The van der Waals surface area contributed by atoms with Crippen LogP contribution < -0.4 is 16.0 Å². The second-order valence-electron chi connectivity index (χ2n) is 8.53. The maximum Gasteiger partial charge on any atom is 0.249 e. The van der Waals surface area contributed by atoms with Gasteiger partial charge in [-0.2, -0.15) is 0 Å². The van der Waals surface area contributed by atoms with Crippen LogP contribution in [0.5, 0.6) is 0 Å². The van der Waals surface area contributed by atoms with Gasteiger partial charge in [-0.05, 0) is 21.0 Å². The van der Waals surface area contributed by atoms with Crippen molar-refractivity contribution < 1.29 is 34.6 Å². The van der Waals surface area contributed by atoms with Gasteiger partial charge in [0.1, 0.15) is 28.9 Å². The van der Waals surface area contributed by atoms with Crippen LogP contribution in [-0.4, -0.2) is 106 Å². The van der Waals surface area contributed by atoms with E-state index in [9.17, 15) is 20.4 Å². The molecular formula is C19H32N4O7S. The molecule has 3 fully saturated rings. The molecule has 1 aromatic rings. The summed E-state index contributed by atoms with van der Waals surface area (Å²) in [6.07, 6.45) is -3.90. The molecule has 3 aliphatic rings. The van der Waals surface area contributed by atoms with Crippen LogP contribution in [0.15, 0.2) is 11.6 Å². The summed E-state index contributed by atoms with van der Waals surface area (Å²) in [5.41, 5.74) is -1.74. The van der Waals surface area contributed by atoms with Crippen molar-refractivity contribution >= 4 is 11.3 Å². The molecule has 11 nitrogen and oxygen atoms in total. The predicted molar refractivity (Wildman–Crippen MR) is 110 cm³/mol. The van der Waals surface area contributed by atoms with E-state index < -0.39 is 60.3 Å². The fourth-order valence-electron chi connectivity index (χ4n) is 4.95. The minimum absolute atomic E-state index is 0.00247. The van der Waals surface area contributed by atoms with Crippen molar-refractivity contribution in [3.8, 4) is 0 Å². The highest BCUT2D eigenvalue weighted by atomic mass is 32.1. The summed E-state index contributed by atoms with van der Waals surface area (Å²) in [6.45, 7) is 2.19. The Labute approximate surface area is 184 Å². The Balaban J connectivity index is 1.58. The number of nitrogens with zero attached hydrogens (tertiary/aromatic N) is 1. The average Bonchev–Trinajstić information content (AvgIpc) is 3.22. The van der Waals surface area contributed by atoms with Crippen LogP contribution in [0.1, 0.15) is 18.4 Å². The van der Waals surface area contributed by atoms with E-state index in [-0.39, 0.29) is 13.0 Å². The fourth-order valence-corrected chi connectivity index (χ4v) is 5.53. The minimum atomic E-state index is -2.21. The lowest BCUT2D eigenvalue weighted by Crippen LogP contribution is -2.81. The van der Waals surface area contributed by atoms with E-state index in [1.54, 1.807) is 27.2 Å². The van der Waals surface area contributed by atoms with Gasteiger partial charge in [-0.25, -0.2) is 4.98 Å². The molecule has 7 N–H and O–H groups in total. The van der Waals surface area contributed by atoms with Crippen molar-refractivity contribution in [1.29, 1.82) is 0 Å². The molecule has 0 bridgehead atoms. The molecule has 12 heteroatoms. The number of hydrogen-bond donors (Lipinski definition) is 7. The number of rotatable bonds is 6. The predicted octanol–water partition coefficient (Wildman–Crippen LogP) is -2.52. The maximum atomic E-state index is 11.6. The Morgan fingerprint density at radius 2 is 1.87 bits per heavy atom. The SMILES string of the molecule is CN[C@@H]1[C@H](O)[C@H](NC)[C@H]2O[C@]3(O)[C@H](OC2[C@H]1O)O[C@H](C)C[C@@]3(O)CNCc1nccs1. The Morgan fingerprint density at radius 3 is 2.52 bits per heavy atom. The average molecular weight is 461 g/mol. The monoisotopic (exact) mass is 460 g/mol. The summed E-state index contributed by atoms with van der Waals surface area (Å²) < 4.78 is 17.9. The Kier molecular flexibility index (Phi) is 6.70. The standard InChI is InChI=1S/C19H32N4O7S/c1-9-6-18(26,8-22-7-10-23-4-5-31-10)19(27)17(28-9)29-16-14(25)11(20-2)13(24)12(21-3)15(16)30-19/h4-5,9,11-17,20-22,24-27H,6-8H2,1-3H3/t9-,11-,12+,13+,14+,15-,16?,17+,18-,19-/m1/s1. The molecule has 1 unspecified atom stereocenters. The zero-order chi connectivity index (χ0) is 22.4. The highest BCUT2D eigenvalue weighted by molar-refractivity contribution is 7.09. The van der Waals surface area contributed by atoms with Gasteiger partial charge in [-0.15, -0.1) is 11.3 Å². The number of thiazole rings is 1. The van der Waals surface area contributed by atoms with Crippen molar-refractivity contribution in [3.05, 3.63) is 16.6 Å². The molecule has 0 radical (unpaired) electrons. The molecule has 31 heavy (non-hydrogen) atoms. The second kappa shape index (κ2) is 8.88. The summed E-state index contributed by atoms with van der Waals surface area (Å²) in [6, 6.07) is -1.34. The van der Waals surface area contributed by atoms with Crippen molar-refractivity contribution in [1.82, 2.24) is 20.9 Å². The Hall–Kier alpha value is -0.770. The van der Waals surface area contributed by atoms with Crippen molar-refractivity contribution in [2.75, 3.05) is 20.6 Å². The summed E-state index contributed by atoms with van der Waals surface area (Å²) in [5.74, 6) is -2.21. The van der Waals surface area contributed by atoms with Gasteiger partial charge in [0.25, 0.3) is 0 Å². The summed E-state index contributed by atoms with van der Waals surface area (Å²) >= 11 is 1.48. The van der Waals surface area contributed by atoms with E-state index in [1.165, 1.54) is 11.3 Å². The van der Waals surface area contributed by atoms with Gasteiger partial charge in [-0.1, -0.05) is 0 Å². The number of nitrogens with one attached hydrogen (secondary N) is 3. The van der Waals surface area contributed by atoms with Crippen LogP contribution in [0.4, 0.5) is 0 Å². The zero-order valence-corrected chi connectivity index (χ0v) is 18.6. The summed E-state index contributed by atoms with van der Waals surface area (Å²) in [7, 11) is 3.28. The highest BCUT2D eigenvalue weighted by Crippen LogP contribution is 2.46. The maximum absolute atomic E-state index is 11.6. The van der Waals surface area contributed by atoms with Crippen LogP contribution in [0.3, 0.4) is 0 Å². The summed E-state index contributed by atoms with van der Waals surface area (Å²) in [5, 5.41) is 56.3. The van der Waals surface area contributed by atoms with Crippen molar-refractivity contribution in [2.24, 2.45) is 0 Å². The van der Waals surface area contributed by atoms with Gasteiger partial charge < -0.3 is 50.6 Å². The number of fused-ring (bicyclic) bond motifs is 2. The van der Waals surface area contributed by atoms with Gasteiger partial charge in [0.05, 0.1) is 24.3 Å². The van der Waals surface area contributed by atoms with Gasteiger partial charge >= 0.3 is 0 Å².